The molecule has 2 aromatic rings. The Bertz CT molecular complexity index is 787. The lowest BCUT2D eigenvalue weighted by Crippen LogP contribution is -2.40. The van der Waals surface area contributed by atoms with E-state index in [9.17, 15) is 4.79 Å². The normalized spacial score (nSPS) is 13.4. The summed E-state index contributed by atoms with van der Waals surface area (Å²) in [5.74, 6) is 1.67. The molecule has 2 heterocycles. The third-order valence-electron chi connectivity index (χ3n) is 4.50. The molecular weight excluding hydrogens is 314 g/mol. The fourth-order valence-electron chi connectivity index (χ4n) is 3.21. The predicted octanol–water partition coefficient (Wildman–Crippen LogP) is 3.00. The third kappa shape index (κ3) is 3.57. The molecule has 0 spiro atoms. The smallest absolute Gasteiger partial charge is 0.322 e. The number of nitrogens with zero attached hydrogens (tertiary/aromatic N) is 4. The minimum Gasteiger partial charge on any atom is -0.362 e. The number of aryl methyl sites for hydroxylation is 2. The van der Waals surface area contributed by atoms with E-state index in [-0.39, 0.29) is 6.03 Å². The summed E-state index contributed by atoms with van der Waals surface area (Å²) >= 11 is 0. The Morgan fingerprint density at radius 3 is 2.76 bits per heavy atom. The summed E-state index contributed by atoms with van der Waals surface area (Å²) in [5, 5.41) is 3.05. The Balaban J connectivity index is 1.81. The molecule has 1 aromatic carbocycles. The van der Waals surface area contributed by atoms with Crippen LogP contribution in [0.5, 0.6) is 0 Å². The van der Waals surface area contributed by atoms with Crippen molar-refractivity contribution in [3.8, 4) is 0 Å². The molecular formula is C19H25N5O. The summed E-state index contributed by atoms with van der Waals surface area (Å²) in [6.07, 6.45) is 1.64. The molecule has 0 saturated carbocycles. The van der Waals surface area contributed by atoms with Crippen molar-refractivity contribution in [3.63, 3.8) is 0 Å². The largest absolute Gasteiger partial charge is 0.362 e. The molecule has 1 aliphatic rings. The van der Waals surface area contributed by atoms with Crippen molar-refractivity contribution in [2.75, 3.05) is 30.9 Å². The number of benzene rings is 1. The van der Waals surface area contributed by atoms with Gasteiger partial charge in [0.15, 0.2) is 0 Å². The number of rotatable bonds is 3. The first-order valence-electron chi connectivity index (χ1n) is 8.67. The lowest BCUT2D eigenvalue weighted by molar-refractivity contribution is 0.206. The minimum atomic E-state index is -0.0724. The highest BCUT2D eigenvalue weighted by Gasteiger charge is 2.26. The Labute approximate surface area is 148 Å². The standard InChI is InChI=1S/C19H25N5O/c1-5-14-8-6-7-9-16(14)22-19(25)24-11-10-17-15(12-24)18(23(3)4)21-13(2)20-17/h6-9H,5,10-12H2,1-4H3,(H,22,25). The van der Waals surface area contributed by atoms with Gasteiger partial charge in [-0.2, -0.15) is 0 Å². The van der Waals surface area contributed by atoms with Crippen LogP contribution in [0, 0.1) is 6.92 Å². The van der Waals surface area contributed by atoms with Crippen LogP contribution in [0.1, 0.15) is 29.6 Å². The zero-order chi connectivity index (χ0) is 18.0. The first-order chi connectivity index (χ1) is 12.0. The van der Waals surface area contributed by atoms with E-state index in [2.05, 4.69) is 22.2 Å². The number of urea groups is 1. The Morgan fingerprint density at radius 2 is 2.04 bits per heavy atom. The summed E-state index contributed by atoms with van der Waals surface area (Å²) in [4.78, 5) is 25.7. The molecule has 0 saturated heterocycles. The molecule has 6 heteroatoms. The summed E-state index contributed by atoms with van der Waals surface area (Å²) < 4.78 is 0. The van der Waals surface area contributed by atoms with Crippen molar-refractivity contribution in [1.82, 2.24) is 14.9 Å². The number of amides is 2. The number of carbonyl (C=O) groups excluding carboxylic acids is 1. The van der Waals surface area contributed by atoms with Crippen molar-refractivity contribution >= 4 is 17.5 Å². The molecule has 3 rings (SSSR count). The number of aromatic nitrogens is 2. The van der Waals surface area contributed by atoms with Gasteiger partial charge in [0.25, 0.3) is 0 Å². The van der Waals surface area contributed by atoms with Crippen LogP contribution in [0.15, 0.2) is 24.3 Å². The van der Waals surface area contributed by atoms with Crippen molar-refractivity contribution in [3.05, 3.63) is 46.9 Å². The fraction of sp³-hybridized carbons (Fsp3) is 0.421. The highest BCUT2D eigenvalue weighted by atomic mass is 16.2. The van der Waals surface area contributed by atoms with Crippen LogP contribution in [0.4, 0.5) is 16.3 Å². The highest BCUT2D eigenvalue weighted by molar-refractivity contribution is 5.90. The zero-order valence-electron chi connectivity index (χ0n) is 15.3. The highest BCUT2D eigenvalue weighted by Crippen LogP contribution is 2.26. The van der Waals surface area contributed by atoms with E-state index in [0.29, 0.717) is 13.1 Å². The Hall–Kier alpha value is -2.63. The van der Waals surface area contributed by atoms with Crippen LogP contribution in [0.3, 0.4) is 0 Å². The molecule has 0 radical (unpaired) electrons. The number of carbonyl (C=O) groups is 1. The molecule has 0 atom stereocenters. The third-order valence-corrected chi connectivity index (χ3v) is 4.50. The van der Waals surface area contributed by atoms with Crippen molar-refractivity contribution in [2.45, 2.75) is 33.2 Å². The van der Waals surface area contributed by atoms with Gasteiger partial charge in [-0.3, -0.25) is 0 Å². The van der Waals surface area contributed by atoms with Crippen LogP contribution >= 0.6 is 0 Å². The molecule has 132 valence electrons. The maximum absolute atomic E-state index is 12.8. The van der Waals surface area contributed by atoms with Gasteiger partial charge in [-0.05, 0) is 25.0 Å². The van der Waals surface area contributed by atoms with Crippen LogP contribution < -0.4 is 10.2 Å². The van der Waals surface area contributed by atoms with Gasteiger partial charge in [0.1, 0.15) is 11.6 Å². The molecule has 0 unspecified atom stereocenters. The topological polar surface area (TPSA) is 61.4 Å². The Kier molecular flexibility index (Phi) is 4.88. The molecule has 1 N–H and O–H groups in total. The van der Waals surface area contributed by atoms with Crippen LogP contribution in [-0.2, 0) is 19.4 Å². The van der Waals surface area contributed by atoms with Gasteiger partial charge < -0.3 is 15.1 Å². The molecule has 2 amide bonds. The molecule has 0 fully saturated rings. The first kappa shape index (κ1) is 17.2. The van der Waals surface area contributed by atoms with Gasteiger partial charge in [0.05, 0.1) is 12.2 Å². The molecule has 1 aliphatic heterocycles. The maximum atomic E-state index is 12.8. The monoisotopic (exact) mass is 339 g/mol. The van der Waals surface area contributed by atoms with Gasteiger partial charge in [-0.15, -0.1) is 0 Å². The predicted molar refractivity (Wildman–Crippen MR) is 100 cm³/mol. The SMILES string of the molecule is CCc1ccccc1NC(=O)N1CCc2nc(C)nc(N(C)C)c2C1. The number of hydrogen-bond acceptors (Lipinski definition) is 4. The molecule has 25 heavy (non-hydrogen) atoms. The zero-order valence-corrected chi connectivity index (χ0v) is 15.3. The van der Waals surface area contributed by atoms with Gasteiger partial charge in [0, 0.05) is 38.3 Å². The summed E-state index contributed by atoms with van der Waals surface area (Å²) in [5.41, 5.74) is 4.12. The summed E-state index contributed by atoms with van der Waals surface area (Å²) in [6, 6.07) is 7.86. The first-order valence-corrected chi connectivity index (χ1v) is 8.67. The van der Waals surface area contributed by atoms with E-state index in [1.165, 1.54) is 0 Å². The second-order valence-corrected chi connectivity index (χ2v) is 6.53. The van der Waals surface area contributed by atoms with Gasteiger partial charge in [0.2, 0.25) is 0 Å². The lowest BCUT2D eigenvalue weighted by Gasteiger charge is -2.31. The van der Waals surface area contributed by atoms with Crippen molar-refractivity contribution < 1.29 is 4.79 Å². The molecule has 1 aromatic heterocycles. The quantitative estimate of drug-likeness (QED) is 0.934. The maximum Gasteiger partial charge on any atom is 0.322 e. The lowest BCUT2D eigenvalue weighted by atomic mass is 10.1. The summed E-state index contributed by atoms with van der Waals surface area (Å²) in [7, 11) is 3.94. The van der Waals surface area contributed by atoms with Crippen molar-refractivity contribution in [1.29, 1.82) is 0 Å². The molecule has 0 bridgehead atoms. The number of fused-ring (bicyclic) bond motifs is 1. The fourth-order valence-corrected chi connectivity index (χ4v) is 3.21. The Morgan fingerprint density at radius 1 is 1.28 bits per heavy atom. The van der Waals surface area contributed by atoms with Crippen LogP contribution in [-0.4, -0.2) is 41.5 Å². The van der Waals surface area contributed by atoms with Gasteiger partial charge in [-0.1, -0.05) is 25.1 Å². The average molecular weight is 339 g/mol. The van der Waals surface area contributed by atoms with E-state index < -0.39 is 0 Å². The van der Waals surface area contributed by atoms with E-state index in [1.807, 2.05) is 55.1 Å². The molecule has 0 aliphatic carbocycles. The van der Waals surface area contributed by atoms with Gasteiger partial charge in [-0.25, -0.2) is 14.8 Å². The second kappa shape index (κ2) is 7.09. The number of anilines is 2. The van der Waals surface area contributed by atoms with E-state index >= 15 is 0 Å². The van der Waals surface area contributed by atoms with Gasteiger partial charge >= 0.3 is 6.03 Å². The second-order valence-electron chi connectivity index (χ2n) is 6.53. The average Bonchev–Trinajstić information content (AvgIpc) is 2.60. The van der Waals surface area contributed by atoms with Crippen LogP contribution in [0.2, 0.25) is 0 Å². The number of hydrogen-bond donors (Lipinski definition) is 1. The number of nitrogens with one attached hydrogen (secondary N) is 1. The number of para-hydroxylation sites is 1. The molecule has 6 nitrogen and oxygen atoms in total. The van der Waals surface area contributed by atoms with E-state index in [0.717, 1.165) is 47.0 Å². The van der Waals surface area contributed by atoms with Crippen LogP contribution in [0.25, 0.3) is 0 Å². The minimum absolute atomic E-state index is 0.0724. The van der Waals surface area contributed by atoms with E-state index in [4.69, 9.17) is 0 Å². The summed E-state index contributed by atoms with van der Waals surface area (Å²) in [6.45, 7) is 5.19. The van der Waals surface area contributed by atoms with E-state index in [1.54, 1.807) is 0 Å². The van der Waals surface area contributed by atoms with Crippen molar-refractivity contribution in [2.24, 2.45) is 0 Å².